The van der Waals surface area contributed by atoms with E-state index < -0.39 is 0 Å². The second-order valence-electron chi connectivity index (χ2n) is 4.56. The number of nitrogens with one attached hydrogen (secondary N) is 2. The summed E-state index contributed by atoms with van der Waals surface area (Å²) in [6.45, 7) is 0. The van der Waals surface area contributed by atoms with Crippen LogP contribution in [0.5, 0.6) is 0 Å². The van der Waals surface area contributed by atoms with Crippen molar-refractivity contribution in [1.29, 1.82) is 0 Å². The molecule has 4 N–H and O–H groups in total. The lowest BCUT2D eigenvalue weighted by Gasteiger charge is -2.13. The number of thioether (sulfide) groups is 1. The van der Waals surface area contributed by atoms with Crippen LogP contribution in [0.1, 0.15) is 29.6 Å². The Balaban J connectivity index is 1.91. The first-order chi connectivity index (χ1) is 8.72. The molecule has 5 heteroatoms. The molecule has 0 heterocycles. The average Bonchev–Trinajstić information content (AvgIpc) is 2.86. The molecule has 1 aliphatic carbocycles. The Morgan fingerprint density at radius 2 is 2.06 bits per heavy atom. The number of hydrogen-bond acceptors (Lipinski definition) is 4. The Kier molecular flexibility index (Phi) is 4.49. The third kappa shape index (κ3) is 3.17. The van der Waals surface area contributed by atoms with Gasteiger partial charge in [-0.3, -0.25) is 10.6 Å². The summed E-state index contributed by atoms with van der Waals surface area (Å²) in [4.78, 5) is 12.0. The summed E-state index contributed by atoms with van der Waals surface area (Å²) in [6.07, 6.45) is 5.49. The van der Waals surface area contributed by atoms with Crippen LogP contribution in [0.3, 0.4) is 0 Å². The first-order valence-electron chi connectivity index (χ1n) is 6.13. The lowest BCUT2D eigenvalue weighted by atomic mass is 10.1. The normalized spacial score (nSPS) is 22.8. The smallest absolute Gasteiger partial charge is 0.251 e. The number of anilines is 1. The predicted molar refractivity (Wildman–Crippen MR) is 76.7 cm³/mol. The van der Waals surface area contributed by atoms with Crippen LogP contribution in [0.15, 0.2) is 24.3 Å². The summed E-state index contributed by atoms with van der Waals surface area (Å²) in [6, 6.07) is 7.49. The maximum atomic E-state index is 12.0. The molecule has 1 aromatic rings. The molecule has 0 aromatic heterocycles. The molecule has 2 atom stereocenters. The summed E-state index contributed by atoms with van der Waals surface area (Å²) in [5.74, 6) is 5.29. The SMILES string of the molecule is CSC1CCC(NC(=O)c2ccc(NN)cc2)C1. The molecule has 1 aliphatic rings. The minimum atomic E-state index is 0.00493. The van der Waals surface area contributed by atoms with Crippen LogP contribution in [0.4, 0.5) is 5.69 Å². The lowest BCUT2D eigenvalue weighted by molar-refractivity contribution is 0.0938. The van der Waals surface area contributed by atoms with E-state index in [1.54, 1.807) is 24.3 Å². The standard InChI is InChI=1S/C13H19N3OS/c1-18-12-7-6-11(8-12)15-13(17)9-2-4-10(16-14)5-3-9/h2-5,11-12,16H,6-8,14H2,1H3,(H,15,17). The fourth-order valence-electron chi connectivity index (χ4n) is 2.27. The molecule has 0 bridgehead atoms. The van der Waals surface area contributed by atoms with E-state index in [4.69, 9.17) is 5.84 Å². The van der Waals surface area contributed by atoms with E-state index in [-0.39, 0.29) is 5.91 Å². The largest absolute Gasteiger partial charge is 0.349 e. The quantitative estimate of drug-likeness (QED) is 0.575. The highest BCUT2D eigenvalue weighted by molar-refractivity contribution is 7.99. The van der Waals surface area contributed by atoms with Crippen molar-refractivity contribution >= 4 is 23.4 Å². The second-order valence-corrected chi connectivity index (χ2v) is 5.70. The third-order valence-electron chi connectivity index (χ3n) is 3.37. The van der Waals surface area contributed by atoms with Crippen LogP contribution in [0.2, 0.25) is 0 Å². The van der Waals surface area contributed by atoms with Gasteiger partial charge in [-0.15, -0.1) is 0 Å². The fourth-order valence-corrected chi connectivity index (χ4v) is 3.07. The van der Waals surface area contributed by atoms with Crippen LogP contribution >= 0.6 is 11.8 Å². The number of hydrogen-bond donors (Lipinski definition) is 3. The Morgan fingerprint density at radius 3 is 2.61 bits per heavy atom. The summed E-state index contributed by atoms with van der Waals surface area (Å²) in [5.41, 5.74) is 4.03. The number of rotatable bonds is 4. The average molecular weight is 265 g/mol. The van der Waals surface area contributed by atoms with Crippen LogP contribution in [-0.4, -0.2) is 23.5 Å². The molecule has 1 saturated carbocycles. The molecule has 98 valence electrons. The van der Waals surface area contributed by atoms with Gasteiger partial charge in [0.2, 0.25) is 0 Å². The monoisotopic (exact) mass is 265 g/mol. The number of benzene rings is 1. The van der Waals surface area contributed by atoms with Gasteiger partial charge in [-0.05, 0) is 49.8 Å². The van der Waals surface area contributed by atoms with Crippen molar-refractivity contribution in [2.24, 2.45) is 5.84 Å². The van der Waals surface area contributed by atoms with Gasteiger partial charge in [-0.2, -0.15) is 11.8 Å². The number of nitrogen functional groups attached to an aromatic ring is 1. The molecule has 1 amide bonds. The van der Waals surface area contributed by atoms with Crippen molar-refractivity contribution in [2.45, 2.75) is 30.6 Å². The third-order valence-corrected chi connectivity index (χ3v) is 4.46. The van der Waals surface area contributed by atoms with E-state index >= 15 is 0 Å². The van der Waals surface area contributed by atoms with E-state index in [0.29, 0.717) is 16.9 Å². The topological polar surface area (TPSA) is 67.2 Å². The molecule has 0 spiro atoms. The Bertz CT molecular complexity index is 407. The number of amides is 1. The van der Waals surface area contributed by atoms with Gasteiger partial charge < -0.3 is 10.7 Å². The van der Waals surface area contributed by atoms with Gasteiger partial charge in [-0.1, -0.05) is 0 Å². The molecular formula is C13H19N3OS. The van der Waals surface area contributed by atoms with E-state index in [0.717, 1.165) is 18.5 Å². The van der Waals surface area contributed by atoms with Crippen LogP contribution in [0.25, 0.3) is 0 Å². The fraction of sp³-hybridized carbons (Fsp3) is 0.462. The van der Waals surface area contributed by atoms with Gasteiger partial charge in [0.25, 0.3) is 5.91 Å². The Labute approximate surface area is 112 Å². The zero-order valence-corrected chi connectivity index (χ0v) is 11.3. The molecule has 0 saturated heterocycles. The molecule has 0 radical (unpaired) electrons. The van der Waals surface area contributed by atoms with Crippen LogP contribution < -0.4 is 16.6 Å². The van der Waals surface area contributed by atoms with Crippen molar-refractivity contribution < 1.29 is 4.79 Å². The van der Waals surface area contributed by atoms with Crippen molar-refractivity contribution in [1.82, 2.24) is 5.32 Å². The summed E-state index contributed by atoms with van der Waals surface area (Å²) < 4.78 is 0. The van der Waals surface area contributed by atoms with Gasteiger partial charge in [0, 0.05) is 22.5 Å². The molecule has 4 nitrogen and oxygen atoms in total. The first kappa shape index (κ1) is 13.2. The van der Waals surface area contributed by atoms with Crippen molar-refractivity contribution in [3.63, 3.8) is 0 Å². The highest BCUT2D eigenvalue weighted by atomic mass is 32.2. The molecule has 1 fully saturated rings. The Hall–Kier alpha value is -1.20. The van der Waals surface area contributed by atoms with Crippen LogP contribution in [0, 0.1) is 0 Å². The zero-order chi connectivity index (χ0) is 13.0. The van der Waals surface area contributed by atoms with Crippen molar-refractivity contribution in [3.8, 4) is 0 Å². The number of hydrazine groups is 1. The number of nitrogens with two attached hydrogens (primary N) is 1. The van der Waals surface area contributed by atoms with Gasteiger partial charge in [0.05, 0.1) is 0 Å². The van der Waals surface area contributed by atoms with Crippen LogP contribution in [-0.2, 0) is 0 Å². The first-order valence-corrected chi connectivity index (χ1v) is 7.42. The Morgan fingerprint density at radius 1 is 1.33 bits per heavy atom. The van der Waals surface area contributed by atoms with E-state index in [1.165, 1.54) is 6.42 Å². The van der Waals surface area contributed by atoms with Gasteiger partial charge >= 0.3 is 0 Å². The molecule has 1 aromatic carbocycles. The maximum absolute atomic E-state index is 12.0. The van der Waals surface area contributed by atoms with Gasteiger partial charge in [-0.25, -0.2) is 0 Å². The van der Waals surface area contributed by atoms with E-state index in [2.05, 4.69) is 17.0 Å². The zero-order valence-electron chi connectivity index (χ0n) is 10.5. The maximum Gasteiger partial charge on any atom is 0.251 e. The molecule has 18 heavy (non-hydrogen) atoms. The molecule has 2 rings (SSSR count). The summed E-state index contributed by atoms with van der Waals surface area (Å²) in [5, 5.41) is 3.79. The molecular weight excluding hydrogens is 246 g/mol. The lowest BCUT2D eigenvalue weighted by Crippen LogP contribution is -2.33. The van der Waals surface area contributed by atoms with E-state index in [9.17, 15) is 4.79 Å². The highest BCUT2D eigenvalue weighted by Crippen LogP contribution is 2.28. The minimum absolute atomic E-state index is 0.00493. The molecule has 0 aliphatic heterocycles. The predicted octanol–water partition coefficient (Wildman–Crippen LogP) is 1.99. The minimum Gasteiger partial charge on any atom is -0.349 e. The highest BCUT2D eigenvalue weighted by Gasteiger charge is 2.25. The van der Waals surface area contributed by atoms with Crippen molar-refractivity contribution in [2.75, 3.05) is 11.7 Å². The summed E-state index contributed by atoms with van der Waals surface area (Å²) >= 11 is 1.89. The number of carbonyl (C=O) groups is 1. The molecule has 2 unspecified atom stereocenters. The van der Waals surface area contributed by atoms with Gasteiger partial charge in [0.1, 0.15) is 0 Å². The summed E-state index contributed by atoms with van der Waals surface area (Å²) in [7, 11) is 0. The number of carbonyl (C=O) groups excluding carboxylic acids is 1. The van der Waals surface area contributed by atoms with Gasteiger partial charge in [0.15, 0.2) is 0 Å². The van der Waals surface area contributed by atoms with Crippen molar-refractivity contribution in [3.05, 3.63) is 29.8 Å². The van der Waals surface area contributed by atoms with E-state index in [1.807, 2.05) is 11.8 Å². The second kappa shape index (κ2) is 6.11.